The van der Waals surface area contributed by atoms with E-state index in [0.717, 1.165) is 42.8 Å². The van der Waals surface area contributed by atoms with E-state index in [2.05, 4.69) is 9.71 Å². The molecular weight excluding hydrogens is 430 g/mol. The molecule has 0 bridgehead atoms. The lowest BCUT2D eigenvalue weighted by molar-refractivity contribution is 0.286. The molecule has 168 valence electrons. The summed E-state index contributed by atoms with van der Waals surface area (Å²) in [6, 6.07) is 10.4. The molecule has 2 aromatic rings. The van der Waals surface area contributed by atoms with E-state index in [4.69, 9.17) is 17.0 Å². The first kappa shape index (κ1) is 23.6. The summed E-state index contributed by atoms with van der Waals surface area (Å²) in [6.07, 6.45) is 8.75. The summed E-state index contributed by atoms with van der Waals surface area (Å²) >= 11 is 5.84. The van der Waals surface area contributed by atoms with Crippen LogP contribution < -0.4 is 14.4 Å². The normalized spacial score (nSPS) is 19.0. The summed E-state index contributed by atoms with van der Waals surface area (Å²) in [7, 11) is -1.56. The van der Waals surface area contributed by atoms with Gasteiger partial charge in [-0.3, -0.25) is 4.98 Å². The fourth-order valence-corrected chi connectivity index (χ4v) is 5.61. The third-order valence-electron chi connectivity index (χ3n) is 5.84. The second kappa shape index (κ2) is 11.0. The van der Waals surface area contributed by atoms with Crippen molar-refractivity contribution in [2.24, 2.45) is 11.8 Å². The molecule has 31 heavy (non-hydrogen) atoms. The Bertz CT molecular complexity index is 950. The van der Waals surface area contributed by atoms with Crippen molar-refractivity contribution in [2.45, 2.75) is 43.9 Å². The van der Waals surface area contributed by atoms with Crippen molar-refractivity contribution in [3.8, 4) is 5.75 Å². The van der Waals surface area contributed by atoms with Gasteiger partial charge in [0.05, 0.1) is 28.4 Å². The highest BCUT2D eigenvalue weighted by Crippen LogP contribution is 2.35. The maximum atomic E-state index is 12.7. The number of aromatic nitrogens is 1. The lowest BCUT2D eigenvalue weighted by atomic mass is 9.77. The van der Waals surface area contributed by atoms with Gasteiger partial charge in [0.1, 0.15) is 5.75 Å². The van der Waals surface area contributed by atoms with Gasteiger partial charge in [-0.15, -0.1) is 0 Å². The molecule has 3 rings (SSSR count). The quantitative estimate of drug-likeness (QED) is 0.558. The SMILES string of the molecule is CCOc1ccc(S(=O)(=O)NCC[C@@H]2CCCC[C@H]2C(=S)N(C)c2cccnc2)cc1. The molecular formula is C23H31N3O3S2. The first-order chi connectivity index (χ1) is 14.9. The molecule has 0 amide bonds. The molecule has 1 fully saturated rings. The Labute approximate surface area is 191 Å². The number of sulfonamides is 1. The van der Waals surface area contributed by atoms with Crippen LogP contribution in [0.15, 0.2) is 53.7 Å². The Morgan fingerprint density at radius 3 is 2.65 bits per heavy atom. The van der Waals surface area contributed by atoms with Gasteiger partial charge in [-0.05, 0) is 68.5 Å². The predicted molar refractivity (Wildman–Crippen MR) is 128 cm³/mol. The van der Waals surface area contributed by atoms with E-state index in [0.29, 0.717) is 24.8 Å². The van der Waals surface area contributed by atoms with Gasteiger partial charge in [0.15, 0.2) is 0 Å². The zero-order valence-electron chi connectivity index (χ0n) is 18.2. The summed E-state index contributed by atoms with van der Waals surface area (Å²) in [6.45, 7) is 2.84. The fraction of sp³-hybridized carbons (Fsp3) is 0.478. The zero-order chi connectivity index (χ0) is 22.3. The molecule has 1 aliphatic rings. The van der Waals surface area contributed by atoms with Crippen LogP contribution in [-0.2, 0) is 10.0 Å². The molecule has 0 unspecified atom stereocenters. The Balaban J connectivity index is 1.59. The molecule has 8 heteroatoms. The second-order valence-electron chi connectivity index (χ2n) is 7.85. The number of thiocarbonyl (C=S) groups is 1. The summed E-state index contributed by atoms with van der Waals surface area (Å²) < 4.78 is 33.5. The van der Waals surface area contributed by atoms with E-state index in [1.54, 1.807) is 30.5 Å². The Morgan fingerprint density at radius 2 is 1.97 bits per heavy atom. The van der Waals surface area contributed by atoms with Crippen molar-refractivity contribution in [1.82, 2.24) is 9.71 Å². The average molecular weight is 462 g/mol. The Morgan fingerprint density at radius 1 is 1.23 bits per heavy atom. The maximum Gasteiger partial charge on any atom is 0.240 e. The van der Waals surface area contributed by atoms with Crippen LogP contribution in [0.4, 0.5) is 5.69 Å². The van der Waals surface area contributed by atoms with E-state index < -0.39 is 10.0 Å². The molecule has 1 N–H and O–H groups in total. The van der Waals surface area contributed by atoms with Crippen LogP contribution in [0, 0.1) is 11.8 Å². The van der Waals surface area contributed by atoms with Crippen molar-refractivity contribution in [3.63, 3.8) is 0 Å². The molecule has 2 atom stereocenters. The molecule has 0 saturated heterocycles. The van der Waals surface area contributed by atoms with Crippen molar-refractivity contribution >= 4 is 32.9 Å². The van der Waals surface area contributed by atoms with E-state index >= 15 is 0 Å². The molecule has 6 nitrogen and oxygen atoms in total. The van der Waals surface area contributed by atoms with Crippen molar-refractivity contribution in [2.75, 3.05) is 25.1 Å². The standard InChI is InChI=1S/C23H31N3O3S2/c1-3-29-20-10-12-21(13-11-20)31(27,28)25-16-14-18-7-4-5-9-22(18)23(30)26(2)19-8-6-15-24-17-19/h6,8,10-13,15,17-18,22,25H,3-5,7,9,14,16H2,1-2H3/t18-,22+/m0/s1. The lowest BCUT2D eigenvalue weighted by Crippen LogP contribution is -2.38. The van der Waals surface area contributed by atoms with E-state index in [1.165, 1.54) is 0 Å². The number of nitrogens with zero attached hydrogens (tertiary/aromatic N) is 2. The van der Waals surface area contributed by atoms with Crippen LogP contribution in [-0.4, -0.2) is 38.6 Å². The van der Waals surface area contributed by atoms with Crippen molar-refractivity contribution < 1.29 is 13.2 Å². The molecule has 1 aromatic carbocycles. The number of benzene rings is 1. The predicted octanol–water partition coefficient (Wildman–Crippen LogP) is 4.42. The lowest BCUT2D eigenvalue weighted by Gasteiger charge is -2.35. The highest BCUT2D eigenvalue weighted by molar-refractivity contribution is 7.89. The van der Waals surface area contributed by atoms with Gasteiger partial charge in [0.2, 0.25) is 10.0 Å². The number of nitrogens with one attached hydrogen (secondary N) is 1. The minimum atomic E-state index is -3.55. The van der Waals surface area contributed by atoms with Gasteiger partial charge in [-0.1, -0.05) is 25.1 Å². The Hall–Kier alpha value is -2.03. The molecule has 1 aromatic heterocycles. The molecule has 0 spiro atoms. The first-order valence-electron chi connectivity index (χ1n) is 10.8. The molecule has 0 aliphatic heterocycles. The number of pyridine rings is 1. The summed E-state index contributed by atoms with van der Waals surface area (Å²) in [5.41, 5.74) is 0.980. The van der Waals surface area contributed by atoms with Gasteiger partial charge in [-0.2, -0.15) is 0 Å². The molecule has 0 radical (unpaired) electrons. The van der Waals surface area contributed by atoms with E-state index in [-0.39, 0.29) is 10.8 Å². The van der Waals surface area contributed by atoms with E-state index in [9.17, 15) is 8.42 Å². The number of anilines is 1. The van der Waals surface area contributed by atoms with Crippen molar-refractivity contribution in [1.29, 1.82) is 0 Å². The van der Waals surface area contributed by atoms with Crippen LogP contribution >= 0.6 is 12.2 Å². The highest BCUT2D eigenvalue weighted by atomic mass is 32.2. The number of hydrogen-bond acceptors (Lipinski definition) is 5. The van der Waals surface area contributed by atoms with Crippen LogP contribution in [0.5, 0.6) is 5.75 Å². The van der Waals surface area contributed by atoms with Gasteiger partial charge in [0, 0.05) is 25.7 Å². The molecule has 1 aliphatic carbocycles. The second-order valence-corrected chi connectivity index (χ2v) is 10.0. The van der Waals surface area contributed by atoms with Gasteiger partial charge in [-0.25, -0.2) is 13.1 Å². The number of hydrogen-bond donors (Lipinski definition) is 1. The minimum Gasteiger partial charge on any atom is -0.494 e. The highest BCUT2D eigenvalue weighted by Gasteiger charge is 2.30. The van der Waals surface area contributed by atoms with Gasteiger partial charge < -0.3 is 9.64 Å². The topological polar surface area (TPSA) is 71.5 Å². The van der Waals surface area contributed by atoms with Crippen molar-refractivity contribution in [3.05, 3.63) is 48.8 Å². The molecule has 1 heterocycles. The zero-order valence-corrected chi connectivity index (χ0v) is 19.8. The van der Waals surface area contributed by atoms with E-state index in [1.807, 2.05) is 37.2 Å². The van der Waals surface area contributed by atoms with Crippen LogP contribution in [0.2, 0.25) is 0 Å². The maximum absolute atomic E-state index is 12.7. The summed E-state index contributed by atoms with van der Waals surface area (Å²) in [5.74, 6) is 1.30. The van der Waals surface area contributed by atoms with Crippen LogP contribution in [0.1, 0.15) is 39.0 Å². The molecule has 1 saturated carbocycles. The smallest absolute Gasteiger partial charge is 0.240 e. The first-order valence-corrected chi connectivity index (χ1v) is 12.7. The monoisotopic (exact) mass is 461 g/mol. The summed E-state index contributed by atoms with van der Waals surface area (Å²) in [4.78, 5) is 7.39. The largest absolute Gasteiger partial charge is 0.494 e. The third-order valence-corrected chi connectivity index (χ3v) is 7.90. The minimum absolute atomic E-state index is 0.253. The third kappa shape index (κ3) is 6.24. The van der Waals surface area contributed by atoms with Crippen LogP contribution in [0.25, 0.3) is 0 Å². The van der Waals surface area contributed by atoms with Gasteiger partial charge >= 0.3 is 0 Å². The average Bonchev–Trinajstić information content (AvgIpc) is 2.79. The summed E-state index contributed by atoms with van der Waals surface area (Å²) in [5, 5.41) is 0. The fourth-order valence-electron chi connectivity index (χ4n) is 4.15. The van der Waals surface area contributed by atoms with Crippen LogP contribution in [0.3, 0.4) is 0 Å². The number of ether oxygens (including phenoxy) is 1. The Kier molecular flexibility index (Phi) is 8.40. The number of rotatable bonds is 9. The van der Waals surface area contributed by atoms with Gasteiger partial charge in [0.25, 0.3) is 0 Å².